The van der Waals surface area contributed by atoms with E-state index >= 15 is 0 Å². The van der Waals surface area contributed by atoms with Gasteiger partial charge in [-0.1, -0.05) is 27.7 Å². The Morgan fingerprint density at radius 3 is 2.64 bits per heavy atom. The molecule has 1 unspecified atom stereocenters. The minimum absolute atomic E-state index is 0.00571. The Labute approximate surface area is 163 Å². The molecule has 0 amide bonds. The minimum atomic E-state index is -0.575. The van der Waals surface area contributed by atoms with Gasteiger partial charge in [-0.05, 0) is 6.07 Å². The molecule has 3 heterocycles. The zero-order valence-electron chi connectivity index (χ0n) is 16.5. The van der Waals surface area contributed by atoms with Gasteiger partial charge in [0.1, 0.15) is 30.6 Å². The number of nitrogen functional groups attached to an aromatic ring is 1. The van der Waals surface area contributed by atoms with Crippen molar-refractivity contribution in [1.82, 2.24) is 14.5 Å². The van der Waals surface area contributed by atoms with Gasteiger partial charge in [-0.2, -0.15) is 0 Å². The number of hydrogen-bond acceptors (Lipinski definition) is 8. The fraction of sp³-hybridized carbons (Fsp3) is 0.579. The van der Waals surface area contributed by atoms with Gasteiger partial charge in [0.25, 0.3) is 0 Å². The van der Waals surface area contributed by atoms with Crippen molar-refractivity contribution in [3.05, 3.63) is 18.6 Å². The second-order valence-electron chi connectivity index (χ2n) is 7.50. The number of rotatable bonds is 6. The molecule has 0 aliphatic carbocycles. The molecule has 0 bridgehead atoms. The second kappa shape index (κ2) is 8.14. The smallest absolute Gasteiger partial charge is 0.308 e. The Bertz CT molecular complexity index is 863. The molecule has 2 aromatic heterocycles. The number of nitrogens with two attached hydrogens (primary N) is 1. The fourth-order valence-electron chi connectivity index (χ4n) is 2.93. The normalized spacial score (nSPS) is 22.1. The quantitative estimate of drug-likeness (QED) is 0.745. The van der Waals surface area contributed by atoms with Gasteiger partial charge in [-0.15, -0.1) is 0 Å². The first-order valence-corrected chi connectivity index (χ1v) is 9.37. The summed E-state index contributed by atoms with van der Waals surface area (Å²) >= 11 is 0. The minimum Gasteiger partial charge on any atom is -0.463 e. The van der Waals surface area contributed by atoms with Crippen molar-refractivity contribution in [2.45, 2.75) is 52.6 Å². The van der Waals surface area contributed by atoms with Crippen LogP contribution in [0.1, 0.15) is 40.3 Å². The Hall–Kier alpha value is -2.68. The van der Waals surface area contributed by atoms with Crippen LogP contribution >= 0.6 is 0 Å². The number of ether oxygens (including phenoxy) is 3. The summed E-state index contributed by atoms with van der Waals surface area (Å²) in [6, 6.07) is 1.68. The Balaban J connectivity index is 1.80. The molecule has 3 atom stereocenters. The lowest BCUT2D eigenvalue weighted by Gasteiger charge is -2.20. The molecule has 28 heavy (non-hydrogen) atoms. The summed E-state index contributed by atoms with van der Waals surface area (Å²) in [5.41, 5.74) is 7.63. The summed E-state index contributed by atoms with van der Waals surface area (Å²) in [6.45, 7) is 7.04. The molecule has 1 aliphatic heterocycles. The molecule has 3 rings (SSSR count). The lowest BCUT2D eigenvalue weighted by atomic mass is 10.1. The van der Waals surface area contributed by atoms with Crippen LogP contribution in [0, 0.1) is 11.8 Å². The Morgan fingerprint density at radius 2 is 1.96 bits per heavy atom. The molecule has 0 saturated carbocycles. The first-order chi connectivity index (χ1) is 13.3. The molecule has 0 spiro atoms. The van der Waals surface area contributed by atoms with Crippen molar-refractivity contribution >= 4 is 28.8 Å². The maximum atomic E-state index is 12.1. The Kier molecular flexibility index (Phi) is 5.83. The zero-order chi connectivity index (χ0) is 20.4. The first-order valence-electron chi connectivity index (χ1n) is 9.37. The van der Waals surface area contributed by atoms with Gasteiger partial charge in [-0.3, -0.25) is 14.2 Å². The summed E-state index contributed by atoms with van der Waals surface area (Å²) in [5.74, 6) is -1.18. The highest BCUT2D eigenvalue weighted by molar-refractivity contribution is 5.83. The van der Waals surface area contributed by atoms with E-state index in [1.54, 1.807) is 50.9 Å². The monoisotopic (exact) mass is 390 g/mol. The van der Waals surface area contributed by atoms with Gasteiger partial charge in [0.15, 0.2) is 5.65 Å². The van der Waals surface area contributed by atoms with E-state index in [4.69, 9.17) is 19.9 Å². The number of hydrogen-bond donors (Lipinski definition) is 1. The van der Waals surface area contributed by atoms with E-state index in [-0.39, 0.29) is 30.4 Å². The van der Waals surface area contributed by atoms with Gasteiger partial charge >= 0.3 is 11.9 Å². The topological polar surface area (TPSA) is 119 Å². The summed E-state index contributed by atoms with van der Waals surface area (Å²) in [5, 5.41) is 0. The predicted molar refractivity (Wildman–Crippen MR) is 101 cm³/mol. The van der Waals surface area contributed by atoms with Crippen LogP contribution in [-0.2, 0) is 23.8 Å². The third kappa shape index (κ3) is 4.09. The molecule has 1 fully saturated rings. The third-order valence-electron chi connectivity index (χ3n) is 4.58. The van der Waals surface area contributed by atoms with Crippen LogP contribution in [0.2, 0.25) is 0 Å². The van der Waals surface area contributed by atoms with E-state index < -0.39 is 18.4 Å². The fourth-order valence-corrected chi connectivity index (χ4v) is 2.93. The maximum Gasteiger partial charge on any atom is 0.308 e. The van der Waals surface area contributed by atoms with Crippen LogP contribution in [-0.4, -0.2) is 45.3 Å². The molecule has 1 aliphatic rings. The molecule has 152 valence electrons. The van der Waals surface area contributed by atoms with Crippen LogP contribution < -0.4 is 5.73 Å². The molecule has 0 aromatic carbocycles. The number of pyridine rings is 1. The number of carbonyl (C=O) groups is 2. The van der Waals surface area contributed by atoms with Crippen LogP contribution in [0.25, 0.3) is 11.2 Å². The van der Waals surface area contributed by atoms with Gasteiger partial charge < -0.3 is 19.9 Å². The Morgan fingerprint density at radius 1 is 1.25 bits per heavy atom. The number of fused-ring (bicyclic) bond motifs is 1. The van der Waals surface area contributed by atoms with E-state index in [0.717, 1.165) is 0 Å². The van der Waals surface area contributed by atoms with Crippen molar-refractivity contribution < 1.29 is 23.8 Å². The predicted octanol–water partition coefficient (Wildman–Crippen LogP) is 2.07. The SMILES string of the molecule is CC(C)C(=O)OC[C@H]1O[C@@H](n2cnc3c(N)ccnc32)CC1OC(=O)C(C)C. The summed E-state index contributed by atoms with van der Waals surface area (Å²) in [7, 11) is 0. The van der Waals surface area contributed by atoms with E-state index in [1.807, 2.05) is 0 Å². The zero-order valence-corrected chi connectivity index (χ0v) is 16.5. The van der Waals surface area contributed by atoms with Crippen molar-refractivity contribution in [2.75, 3.05) is 12.3 Å². The number of nitrogens with zero attached hydrogens (tertiary/aromatic N) is 3. The van der Waals surface area contributed by atoms with Crippen molar-refractivity contribution in [3.8, 4) is 0 Å². The highest BCUT2D eigenvalue weighted by atomic mass is 16.6. The first kappa shape index (κ1) is 20.1. The summed E-state index contributed by atoms with van der Waals surface area (Å²) < 4.78 is 18.7. The molecule has 9 heteroatoms. The number of anilines is 1. The molecule has 1 saturated heterocycles. The highest BCUT2D eigenvalue weighted by Gasteiger charge is 2.40. The number of aromatic nitrogens is 3. The largest absolute Gasteiger partial charge is 0.463 e. The summed E-state index contributed by atoms with van der Waals surface area (Å²) in [4.78, 5) is 32.6. The van der Waals surface area contributed by atoms with Crippen LogP contribution in [0.5, 0.6) is 0 Å². The second-order valence-corrected chi connectivity index (χ2v) is 7.50. The van der Waals surface area contributed by atoms with Crippen LogP contribution in [0.15, 0.2) is 18.6 Å². The summed E-state index contributed by atoms with van der Waals surface area (Å²) in [6.07, 6.45) is 2.01. The molecule has 0 radical (unpaired) electrons. The van der Waals surface area contributed by atoms with E-state index in [1.165, 1.54) is 0 Å². The average molecular weight is 390 g/mol. The molecule has 9 nitrogen and oxygen atoms in total. The average Bonchev–Trinajstić information content (AvgIpc) is 3.24. The van der Waals surface area contributed by atoms with E-state index in [9.17, 15) is 9.59 Å². The molecule has 2 aromatic rings. The van der Waals surface area contributed by atoms with Gasteiger partial charge in [-0.25, -0.2) is 9.97 Å². The lowest BCUT2D eigenvalue weighted by Crippen LogP contribution is -2.33. The van der Waals surface area contributed by atoms with Gasteiger partial charge in [0.05, 0.1) is 23.9 Å². The standard InChI is InChI=1S/C19H26N4O5/c1-10(2)18(24)26-8-14-13(28-19(25)11(3)4)7-15(27-14)23-9-22-16-12(20)5-6-21-17(16)23/h5-6,9-11,13-15H,7-8H2,1-4H3,(H2,20,21)/t13?,14-,15-/m1/s1. The lowest BCUT2D eigenvalue weighted by molar-refractivity contribution is -0.162. The maximum absolute atomic E-state index is 12.1. The third-order valence-corrected chi connectivity index (χ3v) is 4.58. The van der Waals surface area contributed by atoms with E-state index in [2.05, 4.69) is 9.97 Å². The molecular formula is C19H26N4O5. The van der Waals surface area contributed by atoms with Crippen LogP contribution in [0.4, 0.5) is 5.69 Å². The number of imidazole rings is 1. The number of esters is 2. The van der Waals surface area contributed by atoms with Crippen LogP contribution in [0.3, 0.4) is 0 Å². The molecule has 2 N–H and O–H groups in total. The van der Waals surface area contributed by atoms with Crippen molar-refractivity contribution in [1.29, 1.82) is 0 Å². The van der Waals surface area contributed by atoms with Crippen molar-refractivity contribution in [2.24, 2.45) is 11.8 Å². The molecular weight excluding hydrogens is 364 g/mol. The van der Waals surface area contributed by atoms with E-state index in [0.29, 0.717) is 23.3 Å². The van der Waals surface area contributed by atoms with Crippen molar-refractivity contribution in [3.63, 3.8) is 0 Å². The van der Waals surface area contributed by atoms with Gasteiger partial charge in [0, 0.05) is 12.6 Å². The highest BCUT2D eigenvalue weighted by Crippen LogP contribution is 2.34. The van der Waals surface area contributed by atoms with Gasteiger partial charge in [0.2, 0.25) is 0 Å². The number of carbonyl (C=O) groups excluding carboxylic acids is 2.